The lowest BCUT2D eigenvalue weighted by Crippen LogP contribution is -2.41. The predicted octanol–water partition coefficient (Wildman–Crippen LogP) is 1.31. The molecule has 0 aliphatic carbocycles. The van der Waals surface area contributed by atoms with E-state index in [-0.39, 0.29) is 0 Å². The number of β-amino-alcohol motifs (C(OH)–C–C–N with tert-alkyl or cyclic N) is 1. The molecule has 25 heavy (non-hydrogen) atoms. The van der Waals surface area contributed by atoms with Gasteiger partial charge in [-0.2, -0.15) is 0 Å². The van der Waals surface area contributed by atoms with E-state index in [9.17, 15) is 5.11 Å². The van der Waals surface area contributed by atoms with Crippen molar-refractivity contribution in [1.29, 1.82) is 0 Å². The summed E-state index contributed by atoms with van der Waals surface area (Å²) in [6.07, 6.45) is 4.88. The molecule has 1 saturated heterocycles. The van der Waals surface area contributed by atoms with Crippen LogP contribution in [-0.2, 0) is 11.3 Å². The van der Waals surface area contributed by atoms with Gasteiger partial charge in [-0.1, -0.05) is 17.8 Å². The molecule has 0 bridgehead atoms. The Morgan fingerprint density at radius 1 is 1.28 bits per heavy atom. The van der Waals surface area contributed by atoms with Crippen LogP contribution in [0.2, 0.25) is 0 Å². The van der Waals surface area contributed by atoms with Crippen LogP contribution < -0.4 is 0 Å². The Morgan fingerprint density at radius 3 is 2.76 bits per heavy atom. The molecule has 1 fully saturated rings. The minimum absolute atomic E-state index is 0.415. The van der Waals surface area contributed by atoms with Crippen LogP contribution >= 0.6 is 11.8 Å². The van der Waals surface area contributed by atoms with Crippen LogP contribution in [-0.4, -0.2) is 74.5 Å². The first-order valence-corrected chi connectivity index (χ1v) is 9.32. The second kappa shape index (κ2) is 9.10. The van der Waals surface area contributed by atoms with Crippen molar-refractivity contribution >= 4 is 11.8 Å². The zero-order chi connectivity index (χ0) is 17.5. The molecule has 1 atom stereocenters. The number of nitrogens with zero attached hydrogens (tertiary/aromatic N) is 5. The number of aliphatic hydroxyl groups is 1. The third-order valence-corrected chi connectivity index (χ3v) is 5.06. The summed E-state index contributed by atoms with van der Waals surface area (Å²) in [6.45, 7) is 8.32. The largest absolute Gasteiger partial charge is 0.391 e. The van der Waals surface area contributed by atoms with Gasteiger partial charge in [0.1, 0.15) is 0 Å². The van der Waals surface area contributed by atoms with E-state index in [0.717, 1.165) is 42.8 Å². The van der Waals surface area contributed by atoms with Gasteiger partial charge in [0.25, 0.3) is 0 Å². The molecule has 0 aromatic carbocycles. The van der Waals surface area contributed by atoms with Gasteiger partial charge in [-0.05, 0) is 12.1 Å². The zero-order valence-corrected chi connectivity index (χ0v) is 14.9. The van der Waals surface area contributed by atoms with Crippen LogP contribution in [0.4, 0.5) is 0 Å². The molecular weight excluding hydrogens is 338 g/mol. The molecule has 2 aromatic heterocycles. The molecule has 134 valence electrons. The standard InChI is InChI=1S/C17H23N5O2S/c1-2-7-22-16(14-3-5-18-6-4-14)19-20-17(22)25-13-15(23)12-21-8-10-24-11-9-21/h2-6,15,23H,1,7-13H2/t15-/m0/s1. The summed E-state index contributed by atoms with van der Waals surface area (Å²) in [6, 6.07) is 3.82. The summed E-state index contributed by atoms with van der Waals surface area (Å²) in [7, 11) is 0. The molecule has 2 aromatic rings. The fourth-order valence-corrected chi connectivity index (χ4v) is 3.57. The molecule has 0 radical (unpaired) electrons. The summed E-state index contributed by atoms with van der Waals surface area (Å²) in [5.74, 6) is 1.36. The van der Waals surface area contributed by atoms with E-state index in [1.54, 1.807) is 12.4 Å². The molecule has 0 saturated carbocycles. The van der Waals surface area contributed by atoms with Gasteiger partial charge in [0.2, 0.25) is 0 Å². The van der Waals surface area contributed by atoms with Gasteiger partial charge in [-0.25, -0.2) is 0 Å². The SMILES string of the molecule is C=CCn1c(SC[C@@H](O)CN2CCOCC2)nnc1-c1ccncc1. The first kappa shape index (κ1) is 18.1. The minimum Gasteiger partial charge on any atom is -0.391 e. The van der Waals surface area contributed by atoms with E-state index in [1.165, 1.54) is 11.8 Å². The number of aliphatic hydroxyl groups excluding tert-OH is 1. The summed E-state index contributed by atoms with van der Waals surface area (Å²) >= 11 is 1.52. The zero-order valence-electron chi connectivity index (χ0n) is 14.1. The lowest BCUT2D eigenvalue weighted by molar-refractivity contribution is 0.0188. The molecule has 1 aliphatic heterocycles. The number of hydrogen-bond acceptors (Lipinski definition) is 7. The summed E-state index contributed by atoms with van der Waals surface area (Å²) in [5, 5.41) is 19.7. The summed E-state index contributed by atoms with van der Waals surface area (Å²) in [4.78, 5) is 6.27. The van der Waals surface area contributed by atoms with Crippen molar-refractivity contribution in [2.75, 3.05) is 38.6 Å². The fourth-order valence-electron chi connectivity index (χ4n) is 2.71. The molecule has 8 heteroatoms. The van der Waals surface area contributed by atoms with Gasteiger partial charge < -0.3 is 9.84 Å². The van der Waals surface area contributed by atoms with Crippen LogP contribution in [0.1, 0.15) is 0 Å². The van der Waals surface area contributed by atoms with Crippen molar-refractivity contribution in [3.05, 3.63) is 37.2 Å². The highest BCUT2D eigenvalue weighted by Crippen LogP contribution is 2.24. The second-order valence-corrected chi connectivity index (χ2v) is 6.81. The number of ether oxygens (including phenoxy) is 1. The maximum atomic E-state index is 10.3. The Balaban J connectivity index is 1.63. The van der Waals surface area contributed by atoms with Crippen molar-refractivity contribution in [2.45, 2.75) is 17.8 Å². The summed E-state index contributed by atoms with van der Waals surface area (Å²) in [5.41, 5.74) is 0.963. The quantitative estimate of drug-likeness (QED) is 0.561. The van der Waals surface area contributed by atoms with Gasteiger partial charge in [0.15, 0.2) is 11.0 Å². The van der Waals surface area contributed by atoms with Gasteiger partial charge in [-0.15, -0.1) is 16.8 Å². The van der Waals surface area contributed by atoms with Crippen molar-refractivity contribution < 1.29 is 9.84 Å². The number of allylic oxidation sites excluding steroid dienone is 1. The Kier molecular flexibility index (Phi) is 6.57. The molecule has 0 unspecified atom stereocenters. The van der Waals surface area contributed by atoms with Gasteiger partial charge in [0.05, 0.1) is 19.3 Å². The van der Waals surface area contributed by atoms with E-state index in [0.29, 0.717) is 18.8 Å². The van der Waals surface area contributed by atoms with Crippen LogP contribution in [0.15, 0.2) is 42.3 Å². The van der Waals surface area contributed by atoms with Gasteiger partial charge in [0, 0.05) is 49.9 Å². The molecule has 7 nitrogen and oxygen atoms in total. The topological polar surface area (TPSA) is 76.3 Å². The van der Waals surface area contributed by atoms with E-state index >= 15 is 0 Å². The molecule has 0 amide bonds. The second-order valence-electron chi connectivity index (χ2n) is 5.82. The van der Waals surface area contributed by atoms with E-state index in [1.807, 2.05) is 22.8 Å². The van der Waals surface area contributed by atoms with Crippen LogP contribution in [0, 0.1) is 0 Å². The fraction of sp³-hybridized carbons (Fsp3) is 0.471. The Morgan fingerprint density at radius 2 is 2.04 bits per heavy atom. The van der Waals surface area contributed by atoms with E-state index in [2.05, 4.69) is 26.7 Å². The highest BCUT2D eigenvalue weighted by molar-refractivity contribution is 7.99. The molecule has 3 rings (SSSR count). The highest BCUT2D eigenvalue weighted by Gasteiger charge is 2.18. The Bertz CT molecular complexity index is 673. The first-order chi connectivity index (χ1) is 12.3. The Labute approximate surface area is 151 Å². The predicted molar refractivity (Wildman–Crippen MR) is 97.4 cm³/mol. The maximum Gasteiger partial charge on any atom is 0.191 e. The number of pyridine rings is 1. The Hall–Kier alpha value is -1.74. The van der Waals surface area contributed by atoms with Crippen LogP contribution in [0.25, 0.3) is 11.4 Å². The third kappa shape index (κ3) is 4.88. The van der Waals surface area contributed by atoms with Gasteiger partial charge in [-0.3, -0.25) is 14.5 Å². The lowest BCUT2D eigenvalue weighted by atomic mass is 10.2. The van der Waals surface area contributed by atoms with E-state index < -0.39 is 6.10 Å². The smallest absolute Gasteiger partial charge is 0.191 e. The van der Waals surface area contributed by atoms with Crippen molar-refractivity contribution in [3.8, 4) is 11.4 Å². The first-order valence-electron chi connectivity index (χ1n) is 8.33. The number of hydrogen-bond donors (Lipinski definition) is 1. The van der Waals surface area contributed by atoms with E-state index in [4.69, 9.17) is 4.74 Å². The normalized spacial score (nSPS) is 16.7. The van der Waals surface area contributed by atoms with Gasteiger partial charge >= 0.3 is 0 Å². The number of thioether (sulfide) groups is 1. The van der Waals surface area contributed by atoms with Crippen molar-refractivity contribution in [2.24, 2.45) is 0 Å². The van der Waals surface area contributed by atoms with Crippen LogP contribution in [0.5, 0.6) is 0 Å². The minimum atomic E-state index is -0.415. The summed E-state index contributed by atoms with van der Waals surface area (Å²) < 4.78 is 7.34. The average molecular weight is 361 g/mol. The van der Waals surface area contributed by atoms with Crippen LogP contribution in [0.3, 0.4) is 0 Å². The molecule has 0 spiro atoms. The number of morpholine rings is 1. The maximum absolute atomic E-state index is 10.3. The third-order valence-electron chi connectivity index (χ3n) is 3.94. The highest BCUT2D eigenvalue weighted by atomic mass is 32.2. The monoisotopic (exact) mass is 361 g/mol. The van der Waals surface area contributed by atoms with Crippen molar-refractivity contribution in [1.82, 2.24) is 24.6 Å². The molecular formula is C17H23N5O2S. The molecule has 3 heterocycles. The lowest BCUT2D eigenvalue weighted by Gasteiger charge is -2.28. The molecule has 1 N–H and O–H groups in total. The number of aromatic nitrogens is 4. The van der Waals surface area contributed by atoms with Crippen molar-refractivity contribution in [3.63, 3.8) is 0 Å². The number of rotatable bonds is 8. The molecule has 1 aliphatic rings. The average Bonchev–Trinajstić information content (AvgIpc) is 3.05.